The van der Waals surface area contributed by atoms with Gasteiger partial charge in [0.15, 0.2) is 0 Å². The molecule has 0 radical (unpaired) electrons. The van der Waals surface area contributed by atoms with Gasteiger partial charge in [-0.2, -0.15) is 18.4 Å². The molecule has 2 aromatic rings. The van der Waals surface area contributed by atoms with Crippen LogP contribution in [0.15, 0.2) is 30.3 Å². The molecule has 1 amide bonds. The third-order valence-corrected chi connectivity index (χ3v) is 6.88. The molecule has 0 aliphatic carbocycles. The number of hydrogen-bond donors (Lipinski definition) is 1. The van der Waals surface area contributed by atoms with Crippen LogP contribution in [0.1, 0.15) is 49.6 Å². The zero-order chi connectivity index (χ0) is 25.0. The van der Waals surface area contributed by atoms with Crippen LogP contribution in [0.5, 0.6) is 0 Å². The van der Waals surface area contributed by atoms with Crippen LogP contribution in [0.2, 0.25) is 0 Å². The number of hydrogen-bond acceptors (Lipinski definition) is 6. The summed E-state index contributed by atoms with van der Waals surface area (Å²) in [5.74, 6) is -0.415. The number of anilines is 2. The molecule has 3 heterocycles. The van der Waals surface area contributed by atoms with E-state index in [4.69, 9.17) is 5.26 Å². The zero-order valence-corrected chi connectivity index (χ0v) is 19.7. The molecule has 0 saturated carbocycles. The fourth-order valence-electron chi connectivity index (χ4n) is 4.56. The van der Waals surface area contributed by atoms with Crippen LogP contribution in [0, 0.1) is 17.2 Å². The van der Waals surface area contributed by atoms with E-state index in [2.05, 4.69) is 28.3 Å². The molecule has 0 unspecified atom stereocenters. The molecule has 0 spiro atoms. The third kappa shape index (κ3) is 5.84. The first-order valence-corrected chi connectivity index (χ1v) is 12.0. The van der Waals surface area contributed by atoms with Crippen LogP contribution in [-0.2, 0) is 17.4 Å². The molecule has 4 rings (SSSR count). The molecule has 2 saturated heterocycles. The van der Waals surface area contributed by atoms with Crippen molar-refractivity contribution in [3.8, 4) is 6.07 Å². The Hall–Kier alpha value is -3.35. The van der Waals surface area contributed by atoms with E-state index in [0.29, 0.717) is 50.5 Å². The molecule has 35 heavy (non-hydrogen) atoms. The topological polar surface area (TPSA) is 85.1 Å². The van der Waals surface area contributed by atoms with E-state index < -0.39 is 18.0 Å². The van der Waals surface area contributed by atoms with E-state index >= 15 is 0 Å². The summed E-state index contributed by atoms with van der Waals surface area (Å²) >= 11 is 0. The second-order valence-electron chi connectivity index (χ2n) is 9.09. The number of nitrogens with zero attached hydrogens (tertiary/aromatic N) is 5. The number of nitriles is 1. The number of benzene rings is 1. The van der Waals surface area contributed by atoms with E-state index in [1.54, 1.807) is 23.1 Å². The molecule has 0 bridgehead atoms. The third-order valence-electron chi connectivity index (χ3n) is 6.88. The van der Waals surface area contributed by atoms with E-state index in [1.807, 2.05) is 17.0 Å². The maximum absolute atomic E-state index is 13.6. The largest absolute Gasteiger partial charge is 0.451 e. The Kier molecular flexibility index (Phi) is 7.43. The minimum atomic E-state index is -4.67. The quantitative estimate of drug-likeness (QED) is 0.638. The number of halogens is 3. The van der Waals surface area contributed by atoms with Gasteiger partial charge in [-0.05, 0) is 49.3 Å². The summed E-state index contributed by atoms with van der Waals surface area (Å²) < 4.78 is 40.8. The lowest BCUT2D eigenvalue weighted by Crippen LogP contribution is -2.57. The minimum absolute atomic E-state index is 0.137. The number of amides is 1. The van der Waals surface area contributed by atoms with Crippen molar-refractivity contribution in [2.24, 2.45) is 5.92 Å². The average molecular weight is 487 g/mol. The molecule has 1 aromatic carbocycles. The van der Waals surface area contributed by atoms with Gasteiger partial charge in [-0.25, -0.2) is 9.97 Å². The summed E-state index contributed by atoms with van der Waals surface area (Å²) in [6.45, 7) is 4.30. The highest BCUT2D eigenvalue weighted by Gasteiger charge is 2.40. The second kappa shape index (κ2) is 10.5. The Labute approximate surface area is 203 Å². The van der Waals surface area contributed by atoms with E-state index in [1.165, 1.54) is 0 Å². The second-order valence-corrected chi connectivity index (χ2v) is 9.09. The first-order valence-electron chi connectivity index (χ1n) is 12.0. The number of alkyl halides is 3. The number of carbonyl (C=O) groups is 1. The highest BCUT2D eigenvalue weighted by atomic mass is 19.4. The molecule has 186 valence electrons. The van der Waals surface area contributed by atoms with E-state index in [9.17, 15) is 18.0 Å². The van der Waals surface area contributed by atoms with Crippen molar-refractivity contribution in [2.45, 2.75) is 51.2 Å². The predicted octanol–water partition coefficient (Wildman–Crippen LogP) is 3.93. The van der Waals surface area contributed by atoms with Crippen molar-refractivity contribution in [1.82, 2.24) is 15.3 Å². The van der Waals surface area contributed by atoms with E-state index in [0.717, 1.165) is 24.8 Å². The van der Waals surface area contributed by atoms with Crippen molar-refractivity contribution >= 4 is 17.5 Å². The summed E-state index contributed by atoms with van der Waals surface area (Å²) in [4.78, 5) is 23.9. The summed E-state index contributed by atoms with van der Waals surface area (Å²) in [5.41, 5.74) is 1.55. The Morgan fingerprint density at radius 1 is 1.11 bits per heavy atom. The molecule has 10 heteroatoms. The lowest BCUT2D eigenvalue weighted by molar-refractivity contribution is -0.144. The van der Waals surface area contributed by atoms with Gasteiger partial charge < -0.3 is 15.1 Å². The van der Waals surface area contributed by atoms with Crippen LogP contribution in [0.25, 0.3) is 0 Å². The number of rotatable bonds is 7. The Bertz CT molecular complexity index is 1070. The maximum atomic E-state index is 13.6. The van der Waals surface area contributed by atoms with Gasteiger partial charge in [0.05, 0.1) is 11.6 Å². The average Bonchev–Trinajstić information content (AvgIpc) is 2.83. The van der Waals surface area contributed by atoms with Gasteiger partial charge in [0.1, 0.15) is 17.7 Å². The molecule has 1 aromatic heterocycles. The molecule has 1 N–H and O–H groups in total. The normalized spacial score (nSPS) is 18.7. The summed E-state index contributed by atoms with van der Waals surface area (Å²) in [5, 5.41) is 11.8. The van der Waals surface area contributed by atoms with Gasteiger partial charge in [0.25, 0.3) is 0 Å². The van der Waals surface area contributed by atoms with Gasteiger partial charge in [-0.3, -0.25) is 4.79 Å². The number of nitrogens with one attached hydrogen (secondary N) is 1. The molecular weight excluding hydrogens is 457 g/mol. The first kappa shape index (κ1) is 24.8. The smallest absolute Gasteiger partial charge is 0.356 e. The zero-order valence-electron chi connectivity index (χ0n) is 19.7. The lowest BCUT2D eigenvalue weighted by atomic mass is 9.94. The Balaban J connectivity index is 1.43. The molecular formula is C25H29F3N6O. The van der Waals surface area contributed by atoms with Crippen LogP contribution in [-0.4, -0.2) is 48.1 Å². The van der Waals surface area contributed by atoms with Gasteiger partial charge in [0.2, 0.25) is 11.7 Å². The Morgan fingerprint density at radius 3 is 2.37 bits per heavy atom. The molecule has 2 fully saturated rings. The van der Waals surface area contributed by atoms with Crippen molar-refractivity contribution in [3.05, 3.63) is 47.3 Å². The van der Waals surface area contributed by atoms with Crippen LogP contribution in [0.4, 0.5) is 24.8 Å². The van der Waals surface area contributed by atoms with Gasteiger partial charge >= 0.3 is 6.18 Å². The van der Waals surface area contributed by atoms with Crippen molar-refractivity contribution in [2.75, 3.05) is 36.0 Å². The van der Waals surface area contributed by atoms with E-state index in [-0.39, 0.29) is 17.5 Å². The fourth-order valence-corrected chi connectivity index (χ4v) is 4.56. The number of carbonyl (C=O) groups excluding carboxylic acids is 1. The fraction of sp³-hybridized carbons (Fsp3) is 0.520. The first-order chi connectivity index (χ1) is 16.8. The lowest BCUT2D eigenvalue weighted by Gasteiger charge is -2.41. The number of piperidine rings is 1. The highest BCUT2D eigenvalue weighted by molar-refractivity contribution is 5.86. The maximum Gasteiger partial charge on any atom is 0.451 e. The Morgan fingerprint density at radius 2 is 1.80 bits per heavy atom. The molecule has 1 atom stereocenters. The highest BCUT2D eigenvalue weighted by Crippen LogP contribution is 2.34. The summed E-state index contributed by atoms with van der Waals surface area (Å²) in [7, 11) is 0. The van der Waals surface area contributed by atoms with Crippen molar-refractivity contribution in [3.63, 3.8) is 0 Å². The standard InChI is InChI=1S/C25H29F3N6O/c1-2-17-8-12-33(13-9-17)21-15-22(32-24(31-21)25(26,27)28)34-14-10-20(34)23(35)30-11-7-18-3-5-19(16-29)6-4-18/h3-6,15,17,20H,2,7-14H2,1H3,(H,30,35)/t20-/m0/s1. The number of aromatic nitrogens is 2. The van der Waals surface area contributed by atoms with Gasteiger partial charge in [0, 0.05) is 32.2 Å². The van der Waals surface area contributed by atoms with Crippen LogP contribution >= 0.6 is 0 Å². The van der Waals surface area contributed by atoms with Gasteiger partial charge in [-0.1, -0.05) is 25.5 Å². The van der Waals surface area contributed by atoms with Crippen LogP contribution < -0.4 is 15.1 Å². The van der Waals surface area contributed by atoms with Crippen LogP contribution in [0.3, 0.4) is 0 Å². The van der Waals surface area contributed by atoms with Crippen molar-refractivity contribution < 1.29 is 18.0 Å². The predicted molar refractivity (Wildman–Crippen MR) is 126 cm³/mol. The molecule has 7 nitrogen and oxygen atoms in total. The van der Waals surface area contributed by atoms with Gasteiger partial charge in [-0.15, -0.1) is 0 Å². The minimum Gasteiger partial charge on any atom is -0.356 e. The summed E-state index contributed by atoms with van der Waals surface area (Å²) in [6.07, 6.45) is -0.627. The molecule has 2 aliphatic heterocycles. The molecule has 2 aliphatic rings. The summed E-state index contributed by atoms with van der Waals surface area (Å²) in [6, 6.07) is 10.2. The monoisotopic (exact) mass is 486 g/mol. The SMILES string of the molecule is CCC1CCN(c2cc(N3CC[C@H]3C(=O)NCCc3ccc(C#N)cc3)nc(C(F)(F)F)n2)CC1. The van der Waals surface area contributed by atoms with Crippen molar-refractivity contribution in [1.29, 1.82) is 5.26 Å².